The zero-order valence-electron chi connectivity index (χ0n) is 14.3. The van der Waals surface area contributed by atoms with Crippen molar-refractivity contribution in [3.05, 3.63) is 29.8 Å². The molecule has 3 rings (SSSR count). The number of hydrogen-bond acceptors (Lipinski definition) is 4. The van der Waals surface area contributed by atoms with Crippen LogP contribution in [-0.4, -0.2) is 62.8 Å². The average Bonchev–Trinajstić information content (AvgIpc) is 2.91. The molecule has 2 heterocycles. The zero-order chi connectivity index (χ0) is 17.0. The van der Waals surface area contributed by atoms with Gasteiger partial charge in [-0.25, -0.2) is 8.42 Å². The molecule has 0 aliphatic carbocycles. The second kappa shape index (κ2) is 8.98. The van der Waals surface area contributed by atoms with E-state index in [0.29, 0.717) is 31.7 Å². The summed E-state index contributed by atoms with van der Waals surface area (Å²) in [7, 11) is -3.62. The largest absolute Gasteiger partial charge is 0.337 e. The van der Waals surface area contributed by atoms with Crippen LogP contribution in [0.25, 0.3) is 0 Å². The van der Waals surface area contributed by atoms with E-state index >= 15 is 0 Å². The number of carbonyl (C=O) groups is 1. The summed E-state index contributed by atoms with van der Waals surface area (Å²) in [5, 5.41) is 3.26. The van der Waals surface area contributed by atoms with Crippen LogP contribution in [0.2, 0.25) is 0 Å². The Morgan fingerprint density at radius 2 is 1.64 bits per heavy atom. The van der Waals surface area contributed by atoms with Crippen molar-refractivity contribution < 1.29 is 13.2 Å². The number of amides is 1. The number of rotatable bonds is 3. The van der Waals surface area contributed by atoms with Crippen LogP contribution in [0.1, 0.15) is 36.0 Å². The number of benzene rings is 1. The van der Waals surface area contributed by atoms with Gasteiger partial charge in [0.15, 0.2) is 0 Å². The predicted octanol–water partition coefficient (Wildman–Crippen LogP) is 1.72. The normalized spacial score (nSPS) is 19.8. The van der Waals surface area contributed by atoms with E-state index < -0.39 is 10.0 Å². The van der Waals surface area contributed by atoms with E-state index in [2.05, 4.69) is 5.32 Å². The lowest BCUT2D eigenvalue weighted by Crippen LogP contribution is -2.38. The standard InChI is InChI=1S/C17H25N3O3S.ClH/c21-17(19-11-6-9-18-10-14-19)15-7-2-3-8-16(15)24(22,23)20-12-4-1-5-13-20;/h2-3,7-8,18H,1,4-6,9-14H2;1H. The summed E-state index contributed by atoms with van der Waals surface area (Å²) in [6.45, 7) is 3.97. The monoisotopic (exact) mass is 387 g/mol. The van der Waals surface area contributed by atoms with Gasteiger partial charge in [0, 0.05) is 32.7 Å². The second-order valence-corrected chi connectivity index (χ2v) is 8.26. The van der Waals surface area contributed by atoms with Crippen LogP contribution in [0.4, 0.5) is 0 Å². The molecule has 0 atom stereocenters. The van der Waals surface area contributed by atoms with Crippen molar-refractivity contribution in [2.24, 2.45) is 0 Å². The first-order valence-electron chi connectivity index (χ1n) is 8.70. The highest BCUT2D eigenvalue weighted by molar-refractivity contribution is 7.89. The van der Waals surface area contributed by atoms with Crippen molar-refractivity contribution in [1.29, 1.82) is 0 Å². The van der Waals surface area contributed by atoms with E-state index in [9.17, 15) is 13.2 Å². The van der Waals surface area contributed by atoms with Gasteiger partial charge in [-0.15, -0.1) is 12.4 Å². The second-order valence-electron chi connectivity index (χ2n) is 6.36. The van der Waals surface area contributed by atoms with Crippen LogP contribution in [-0.2, 0) is 10.0 Å². The number of carbonyl (C=O) groups excluding carboxylic acids is 1. The van der Waals surface area contributed by atoms with E-state index in [-0.39, 0.29) is 23.2 Å². The number of halogens is 1. The van der Waals surface area contributed by atoms with Gasteiger partial charge in [0.25, 0.3) is 5.91 Å². The Kier molecular flexibility index (Phi) is 7.25. The molecule has 0 saturated carbocycles. The maximum absolute atomic E-state index is 13.0. The van der Waals surface area contributed by atoms with Gasteiger partial charge in [-0.05, 0) is 37.9 Å². The highest BCUT2D eigenvalue weighted by atomic mass is 35.5. The van der Waals surface area contributed by atoms with Crippen molar-refractivity contribution in [2.45, 2.75) is 30.6 Å². The van der Waals surface area contributed by atoms with E-state index in [1.807, 2.05) is 0 Å². The number of nitrogens with zero attached hydrogens (tertiary/aromatic N) is 2. The van der Waals surface area contributed by atoms with Crippen LogP contribution >= 0.6 is 12.4 Å². The highest BCUT2D eigenvalue weighted by Gasteiger charge is 2.31. The minimum absolute atomic E-state index is 0. The van der Waals surface area contributed by atoms with Gasteiger partial charge in [-0.1, -0.05) is 18.6 Å². The Morgan fingerprint density at radius 3 is 2.40 bits per heavy atom. The van der Waals surface area contributed by atoms with Gasteiger partial charge in [0.2, 0.25) is 10.0 Å². The Bertz CT molecular complexity index is 682. The van der Waals surface area contributed by atoms with Gasteiger partial charge >= 0.3 is 0 Å². The highest BCUT2D eigenvalue weighted by Crippen LogP contribution is 2.24. The van der Waals surface area contributed by atoms with Crippen molar-refractivity contribution in [2.75, 3.05) is 39.3 Å². The maximum Gasteiger partial charge on any atom is 0.255 e. The number of hydrogen-bond donors (Lipinski definition) is 1. The molecule has 25 heavy (non-hydrogen) atoms. The summed E-state index contributed by atoms with van der Waals surface area (Å²) in [6.07, 6.45) is 3.71. The molecule has 1 amide bonds. The molecule has 0 bridgehead atoms. The summed E-state index contributed by atoms with van der Waals surface area (Å²) < 4.78 is 27.5. The molecule has 0 radical (unpaired) electrons. The third kappa shape index (κ3) is 4.53. The van der Waals surface area contributed by atoms with Gasteiger partial charge in [-0.3, -0.25) is 4.79 Å². The van der Waals surface area contributed by atoms with Crippen LogP contribution in [0, 0.1) is 0 Å². The lowest BCUT2D eigenvalue weighted by atomic mass is 10.2. The summed E-state index contributed by atoms with van der Waals surface area (Å²) >= 11 is 0. The number of sulfonamides is 1. The molecule has 1 aromatic carbocycles. The third-order valence-electron chi connectivity index (χ3n) is 4.68. The van der Waals surface area contributed by atoms with E-state index in [0.717, 1.165) is 38.8 Å². The molecule has 1 aromatic rings. The average molecular weight is 388 g/mol. The van der Waals surface area contributed by atoms with E-state index in [4.69, 9.17) is 0 Å². The molecule has 1 N–H and O–H groups in total. The summed E-state index contributed by atoms with van der Waals surface area (Å²) in [5.41, 5.74) is 0.296. The van der Waals surface area contributed by atoms with Crippen molar-refractivity contribution in [3.8, 4) is 0 Å². The van der Waals surface area contributed by atoms with Crippen LogP contribution < -0.4 is 5.32 Å². The lowest BCUT2D eigenvalue weighted by molar-refractivity contribution is 0.0762. The van der Waals surface area contributed by atoms with Crippen LogP contribution in [0.15, 0.2) is 29.2 Å². The Morgan fingerprint density at radius 1 is 0.920 bits per heavy atom. The molecule has 2 saturated heterocycles. The molecular weight excluding hydrogens is 362 g/mol. The SMILES string of the molecule is Cl.O=C(c1ccccc1S(=O)(=O)N1CCCCC1)N1CCCNCC1. The molecule has 6 nitrogen and oxygen atoms in total. The number of nitrogens with one attached hydrogen (secondary N) is 1. The maximum atomic E-state index is 13.0. The smallest absolute Gasteiger partial charge is 0.255 e. The van der Waals surface area contributed by atoms with Gasteiger partial charge < -0.3 is 10.2 Å². The molecule has 0 aromatic heterocycles. The molecular formula is C17H26ClN3O3S. The Labute approximate surface area is 156 Å². The first-order valence-corrected chi connectivity index (χ1v) is 10.1. The summed E-state index contributed by atoms with van der Waals surface area (Å²) in [5.74, 6) is -0.185. The fraction of sp³-hybridized carbons (Fsp3) is 0.588. The van der Waals surface area contributed by atoms with Crippen LogP contribution in [0.3, 0.4) is 0 Å². The van der Waals surface area contributed by atoms with E-state index in [1.165, 1.54) is 4.31 Å². The third-order valence-corrected chi connectivity index (χ3v) is 6.63. The van der Waals surface area contributed by atoms with Crippen LogP contribution in [0.5, 0.6) is 0 Å². The first kappa shape index (κ1) is 20.2. The fourth-order valence-electron chi connectivity index (χ4n) is 3.33. The minimum Gasteiger partial charge on any atom is -0.337 e. The van der Waals surface area contributed by atoms with Gasteiger partial charge in [0.05, 0.1) is 10.5 Å². The molecule has 8 heteroatoms. The number of piperidine rings is 1. The molecule has 0 unspecified atom stereocenters. The minimum atomic E-state index is -3.62. The van der Waals surface area contributed by atoms with Gasteiger partial charge in [-0.2, -0.15) is 4.31 Å². The quantitative estimate of drug-likeness (QED) is 0.857. The Balaban J connectivity index is 0.00000225. The van der Waals surface area contributed by atoms with Crippen molar-refractivity contribution in [1.82, 2.24) is 14.5 Å². The van der Waals surface area contributed by atoms with E-state index in [1.54, 1.807) is 29.2 Å². The molecule has 2 fully saturated rings. The topological polar surface area (TPSA) is 69.7 Å². The molecule has 140 valence electrons. The molecule has 2 aliphatic rings. The van der Waals surface area contributed by atoms with Crippen molar-refractivity contribution in [3.63, 3.8) is 0 Å². The zero-order valence-corrected chi connectivity index (χ0v) is 15.9. The molecule has 2 aliphatic heterocycles. The first-order chi connectivity index (χ1) is 11.6. The summed E-state index contributed by atoms with van der Waals surface area (Å²) in [6, 6.07) is 6.63. The summed E-state index contributed by atoms with van der Waals surface area (Å²) in [4.78, 5) is 14.8. The van der Waals surface area contributed by atoms with Crippen molar-refractivity contribution >= 4 is 28.3 Å². The van der Waals surface area contributed by atoms with Gasteiger partial charge in [0.1, 0.15) is 0 Å². The Hall–Kier alpha value is -1.15. The fourth-order valence-corrected chi connectivity index (χ4v) is 5.03. The lowest BCUT2D eigenvalue weighted by Gasteiger charge is -2.27. The predicted molar refractivity (Wildman–Crippen MR) is 99.7 cm³/mol. The molecule has 0 spiro atoms.